The number of carbonyl (C=O) groups is 2. The Morgan fingerprint density at radius 3 is 1.38 bits per heavy atom. The Kier molecular flexibility index (Phi) is 10.5. The Bertz CT molecular complexity index is 2430. The zero-order valence-corrected chi connectivity index (χ0v) is 27.7. The molecule has 18 heteroatoms. The van der Waals surface area contributed by atoms with Gasteiger partial charge in [-0.05, 0) is 77.4 Å². The van der Waals surface area contributed by atoms with E-state index in [2.05, 4.69) is 10.6 Å². The van der Waals surface area contributed by atoms with Crippen molar-refractivity contribution in [3.63, 3.8) is 0 Å². The summed E-state index contributed by atoms with van der Waals surface area (Å²) in [7, 11) is -15.7. The Morgan fingerprint density at radius 1 is 0.625 bits per heavy atom. The number of benzene rings is 4. The minimum absolute atomic E-state index is 0.0138. The monoisotopic (exact) mass is 732 g/mol. The molecule has 4 aromatic rings. The van der Waals surface area contributed by atoms with Gasteiger partial charge in [-0.25, -0.2) is 8.42 Å². The van der Waals surface area contributed by atoms with Crippen LogP contribution in [-0.2, 0) is 40.4 Å². The van der Waals surface area contributed by atoms with Gasteiger partial charge in [-0.15, -0.1) is 0 Å². The lowest BCUT2D eigenvalue weighted by Gasteiger charge is -2.11. The molecule has 0 aromatic heterocycles. The zero-order chi connectivity index (χ0) is 35.4. The number of hydrogen-bond acceptors (Lipinski definition) is 10. The van der Waals surface area contributed by atoms with E-state index < -0.39 is 62.0 Å². The molecule has 2 amide bonds. The fourth-order valence-electron chi connectivity index (χ4n) is 4.21. The molecule has 0 unspecified atom stereocenters. The summed E-state index contributed by atoms with van der Waals surface area (Å²) < 4.78 is 113. The fraction of sp³-hybridized carbons (Fsp3) is 0.0333. The molecule has 250 valence electrons. The van der Waals surface area contributed by atoms with Gasteiger partial charge in [0.1, 0.15) is 9.79 Å². The van der Waals surface area contributed by atoms with Gasteiger partial charge in [0.15, 0.2) is 9.84 Å². The molecule has 0 aliphatic rings. The number of sulfone groups is 1. The number of hydrogen-bond donors (Lipinski definition) is 4. The second-order valence-electron chi connectivity index (χ2n) is 9.99. The standard InChI is InChI=1S/C30H24N2O12S4/c1-46(37,38)26-14-10-23(11-15-26)30(34)32-25-13-9-21(28(17-25)48(42,43)44)7-6-20-8-12-24(16-27(20)47(39,40)41)31-29(33)22-4-2-19(3-5-22)18-45(35)36/h2-18H,1H3,(H,31,33)(H,32,34)(H,39,40,41)(H,42,43,44). The molecular weight excluding hydrogens is 709 g/mol. The topological polar surface area (TPSA) is 235 Å². The normalized spacial score (nSPS) is 12.0. The lowest BCUT2D eigenvalue weighted by molar-refractivity contribution is 0.101. The molecule has 0 bridgehead atoms. The SMILES string of the molecule is CS(=O)(=O)c1ccc(C(=O)Nc2ccc(C=Cc3ccc(NC(=O)c4ccc(C=S(=O)=O)cc4)cc3S(=O)(=O)O)c(S(=O)(=O)O)c2)cc1. The number of nitrogens with one attached hydrogen (secondary N) is 2. The highest BCUT2D eigenvalue weighted by molar-refractivity contribution is 7.90. The summed E-state index contributed by atoms with van der Waals surface area (Å²) in [6.07, 6.45) is 3.27. The summed E-state index contributed by atoms with van der Waals surface area (Å²) in [6, 6.07) is 17.4. The minimum Gasteiger partial charge on any atom is -0.322 e. The van der Waals surface area contributed by atoms with Crippen molar-refractivity contribution in [1.82, 2.24) is 0 Å². The molecule has 0 radical (unpaired) electrons. The Hall–Kier alpha value is -4.98. The molecule has 0 saturated carbocycles. The molecule has 4 N–H and O–H groups in total. The highest BCUT2D eigenvalue weighted by Gasteiger charge is 2.19. The molecule has 0 heterocycles. The van der Waals surface area contributed by atoms with Crippen molar-refractivity contribution < 1.29 is 52.4 Å². The number of anilines is 2. The first-order chi connectivity index (χ1) is 22.3. The minimum atomic E-state index is -4.89. The molecule has 14 nitrogen and oxygen atoms in total. The van der Waals surface area contributed by atoms with Gasteiger partial charge in [-0.2, -0.15) is 25.3 Å². The number of rotatable bonds is 10. The molecular formula is C30H24N2O12S4. The van der Waals surface area contributed by atoms with Crippen molar-refractivity contribution >= 4 is 81.1 Å². The summed E-state index contributed by atoms with van der Waals surface area (Å²) in [5.74, 6) is -1.39. The molecule has 4 aromatic carbocycles. The first-order valence-electron chi connectivity index (χ1n) is 13.2. The van der Waals surface area contributed by atoms with E-state index in [9.17, 15) is 52.4 Å². The van der Waals surface area contributed by atoms with Crippen molar-refractivity contribution in [2.24, 2.45) is 0 Å². The van der Waals surface area contributed by atoms with E-state index in [-0.39, 0.29) is 38.5 Å². The van der Waals surface area contributed by atoms with E-state index in [1.807, 2.05) is 0 Å². The molecule has 0 fully saturated rings. The summed E-state index contributed by atoms with van der Waals surface area (Å²) in [5.41, 5.74) is 0.145. The van der Waals surface area contributed by atoms with E-state index >= 15 is 0 Å². The zero-order valence-electron chi connectivity index (χ0n) is 24.4. The van der Waals surface area contributed by atoms with Crippen molar-refractivity contribution in [2.75, 3.05) is 16.9 Å². The van der Waals surface area contributed by atoms with Crippen LogP contribution in [0.5, 0.6) is 0 Å². The van der Waals surface area contributed by atoms with Gasteiger partial charge in [0.25, 0.3) is 32.1 Å². The molecule has 0 atom stereocenters. The molecule has 0 aliphatic carbocycles. The van der Waals surface area contributed by atoms with Crippen LogP contribution < -0.4 is 10.6 Å². The molecule has 0 saturated heterocycles. The maximum absolute atomic E-state index is 12.7. The van der Waals surface area contributed by atoms with E-state index in [0.717, 1.165) is 35.9 Å². The lowest BCUT2D eigenvalue weighted by Crippen LogP contribution is -2.13. The van der Waals surface area contributed by atoms with Gasteiger partial charge < -0.3 is 10.6 Å². The molecule has 0 spiro atoms. The van der Waals surface area contributed by atoms with Crippen molar-refractivity contribution in [3.8, 4) is 0 Å². The van der Waals surface area contributed by atoms with Crippen LogP contribution >= 0.6 is 0 Å². The summed E-state index contributed by atoms with van der Waals surface area (Å²) >= 11 is 0. The highest BCUT2D eigenvalue weighted by Crippen LogP contribution is 2.27. The summed E-state index contributed by atoms with van der Waals surface area (Å²) in [6.45, 7) is 0. The van der Waals surface area contributed by atoms with Crippen molar-refractivity contribution in [1.29, 1.82) is 0 Å². The third kappa shape index (κ3) is 9.31. The van der Waals surface area contributed by atoms with E-state index in [0.29, 0.717) is 5.56 Å². The smallest absolute Gasteiger partial charge is 0.295 e. The predicted molar refractivity (Wildman–Crippen MR) is 177 cm³/mol. The first kappa shape index (κ1) is 35.9. The predicted octanol–water partition coefficient (Wildman–Crippen LogP) is 3.29. The summed E-state index contributed by atoms with van der Waals surface area (Å²) in [4.78, 5) is 24.0. The maximum atomic E-state index is 12.7. The third-order valence-electron chi connectivity index (χ3n) is 6.49. The van der Waals surface area contributed by atoms with Crippen LogP contribution in [-0.4, -0.2) is 66.2 Å². The summed E-state index contributed by atoms with van der Waals surface area (Å²) in [5, 5.41) is 5.84. The van der Waals surface area contributed by atoms with Crippen LogP contribution in [0.4, 0.5) is 11.4 Å². The van der Waals surface area contributed by atoms with Gasteiger partial charge in [-0.3, -0.25) is 18.7 Å². The van der Waals surface area contributed by atoms with Crippen LogP contribution in [0.15, 0.2) is 99.6 Å². The van der Waals surface area contributed by atoms with E-state index in [1.165, 1.54) is 72.8 Å². The Morgan fingerprint density at radius 2 is 1.02 bits per heavy atom. The van der Waals surface area contributed by atoms with Crippen LogP contribution in [0.1, 0.15) is 37.4 Å². The van der Waals surface area contributed by atoms with Crippen LogP contribution in [0.25, 0.3) is 12.2 Å². The number of amides is 2. The van der Waals surface area contributed by atoms with Crippen LogP contribution in [0, 0.1) is 0 Å². The first-order valence-corrected chi connectivity index (χ1v) is 19.1. The van der Waals surface area contributed by atoms with E-state index in [4.69, 9.17) is 0 Å². The second kappa shape index (κ2) is 14.0. The lowest BCUT2D eigenvalue weighted by atomic mass is 10.1. The maximum Gasteiger partial charge on any atom is 0.295 e. The fourth-order valence-corrected chi connectivity index (χ4v) is 6.64. The Labute approximate surface area is 276 Å². The Balaban J connectivity index is 1.60. The van der Waals surface area contributed by atoms with Crippen molar-refractivity contribution in [2.45, 2.75) is 14.7 Å². The molecule has 48 heavy (non-hydrogen) atoms. The van der Waals surface area contributed by atoms with Crippen molar-refractivity contribution in [3.05, 3.63) is 113 Å². The number of carbonyl (C=O) groups excluding carboxylic acids is 2. The van der Waals surface area contributed by atoms with Crippen LogP contribution in [0.3, 0.4) is 0 Å². The van der Waals surface area contributed by atoms with E-state index in [1.54, 1.807) is 0 Å². The highest BCUT2D eigenvalue weighted by atomic mass is 32.2. The average Bonchev–Trinajstić information content (AvgIpc) is 2.99. The van der Waals surface area contributed by atoms with Gasteiger partial charge in [0, 0.05) is 28.8 Å². The van der Waals surface area contributed by atoms with Crippen LogP contribution in [0.2, 0.25) is 0 Å². The second-order valence-corrected chi connectivity index (χ2v) is 15.5. The molecule has 0 aliphatic heterocycles. The quantitative estimate of drug-likeness (QED) is 0.104. The van der Waals surface area contributed by atoms with Gasteiger partial charge in [0.05, 0.1) is 10.3 Å². The van der Waals surface area contributed by atoms with Gasteiger partial charge >= 0.3 is 0 Å². The van der Waals surface area contributed by atoms with Gasteiger partial charge in [0.2, 0.25) is 10.3 Å². The largest absolute Gasteiger partial charge is 0.322 e. The molecule has 4 rings (SSSR count). The average molecular weight is 733 g/mol. The van der Waals surface area contributed by atoms with Gasteiger partial charge in [-0.1, -0.05) is 36.4 Å². The third-order valence-corrected chi connectivity index (χ3v) is 9.90.